The fraction of sp³-hybridized carbons (Fsp3) is 0.462. The lowest BCUT2D eigenvalue weighted by atomic mass is 10.1. The maximum atomic E-state index is 11.0. The summed E-state index contributed by atoms with van der Waals surface area (Å²) in [6.45, 7) is 1.51. The molecule has 0 unspecified atom stereocenters. The Kier molecular flexibility index (Phi) is 4.95. The SMILES string of the molecule is CC(=O)Nc1ccc(NC2CCSCC2)c(Br)c1. The Morgan fingerprint density at radius 1 is 1.39 bits per heavy atom. The second-order valence-corrected chi connectivity index (χ2v) is 6.49. The van der Waals surface area contributed by atoms with Crippen LogP contribution >= 0.6 is 27.7 Å². The molecule has 1 aliphatic heterocycles. The number of rotatable bonds is 3. The number of hydrogen-bond acceptors (Lipinski definition) is 3. The molecule has 0 atom stereocenters. The van der Waals surface area contributed by atoms with Gasteiger partial charge in [0.15, 0.2) is 0 Å². The fourth-order valence-electron chi connectivity index (χ4n) is 1.98. The standard InChI is InChI=1S/C13H17BrN2OS/c1-9(17)15-11-2-3-13(12(14)8-11)16-10-4-6-18-7-5-10/h2-3,8,10,16H,4-7H2,1H3,(H,15,17). The van der Waals surface area contributed by atoms with Gasteiger partial charge in [0.25, 0.3) is 0 Å². The monoisotopic (exact) mass is 328 g/mol. The van der Waals surface area contributed by atoms with Crippen LogP contribution in [0.3, 0.4) is 0 Å². The highest BCUT2D eigenvalue weighted by Crippen LogP contribution is 2.29. The number of hydrogen-bond donors (Lipinski definition) is 2. The van der Waals surface area contributed by atoms with E-state index in [1.807, 2.05) is 30.0 Å². The molecule has 1 aromatic carbocycles. The molecule has 0 bridgehead atoms. The first-order chi connectivity index (χ1) is 8.65. The third-order valence-corrected chi connectivity index (χ3v) is 4.58. The van der Waals surface area contributed by atoms with Gasteiger partial charge in [-0.1, -0.05) is 0 Å². The molecule has 3 nitrogen and oxygen atoms in total. The number of benzene rings is 1. The van der Waals surface area contributed by atoms with Crippen molar-refractivity contribution in [3.05, 3.63) is 22.7 Å². The molecule has 2 N–H and O–H groups in total. The Balaban J connectivity index is 2.02. The molecular weight excluding hydrogens is 312 g/mol. The lowest BCUT2D eigenvalue weighted by Crippen LogP contribution is -2.24. The zero-order chi connectivity index (χ0) is 13.0. The number of thioether (sulfide) groups is 1. The average molecular weight is 329 g/mol. The van der Waals surface area contributed by atoms with Crippen LogP contribution in [0, 0.1) is 0 Å². The quantitative estimate of drug-likeness (QED) is 0.888. The first-order valence-corrected chi connectivity index (χ1v) is 8.01. The summed E-state index contributed by atoms with van der Waals surface area (Å²) in [5.41, 5.74) is 1.92. The van der Waals surface area contributed by atoms with E-state index in [1.54, 1.807) is 0 Å². The highest BCUT2D eigenvalue weighted by Gasteiger charge is 2.14. The minimum atomic E-state index is -0.0492. The van der Waals surface area contributed by atoms with E-state index in [4.69, 9.17) is 0 Å². The van der Waals surface area contributed by atoms with E-state index in [1.165, 1.54) is 31.3 Å². The smallest absolute Gasteiger partial charge is 0.221 e. The number of carbonyl (C=O) groups is 1. The van der Waals surface area contributed by atoms with Gasteiger partial charge in [-0.15, -0.1) is 0 Å². The zero-order valence-electron chi connectivity index (χ0n) is 10.3. The Hall–Kier alpha value is -0.680. The molecule has 0 saturated carbocycles. The van der Waals surface area contributed by atoms with E-state index in [2.05, 4.69) is 26.6 Å². The van der Waals surface area contributed by atoms with E-state index in [0.717, 1.165) is 15.8 Å². The second-order valence-electron chi connectivity index (χ2n) is 4.41. The summed E-state index contributed by atoms with van der Waals surface area (Å²) in [7, 11) is 0. The molecule has 18 heavy (non-hydrogen) atoms. The van der Waals surface area contributed by atoms with Crippen LogP contribution in [-0.2, 0) is 4.79 Å². The van der Waals surface area contributed by atoms with E-state index < -0.39 is 0 Å². The number of amides is 1. The Morgan fingerprint density at radius 3 is 2.72 bits per heavy atom. The molecular formula is C13H17BrN2OS. The van der Waals surface area contributed by atoms with E-state index in [-0.39, 0.29) is 5.91 Å². The van der Waals surface area contributed by atoms with Crippen molar-refractivity contribution in [1.82, 2.24) is 0 Å². The third kappa shape index (κ3) is 3.92. The first-order valence-electron chi connectivity index (χ1n) is 6.06. The van der Waals surface area contributed by atoms with Gasteiger partial charge in [0, 0.05) is 28.8 Å². The molecule has 0 radical (unpaired) electrons. The average Bonchev–Trinajstić information content (AvgIpc) is 2.33. The molecule has 2 rings (SSSR count). The van der Waals surface area contributed by atoms with Gasteiger partial charge in [-0.25, -0.2) is 0 Å². The van der Waals surface area contributed by atoms with E-state index >= 15 is 0 Å². The van der Waals surface area contributed by atoms with Gasteiger partial charge in [0.05, 0.1) is 0 Å². The third-order valence-electron chi connectivity index (χ3n) is 2.87. The van der Waals surface area contributed by atoms with Gasteiger partial charge >= 0.3 is 0 Å². The van der Waals surface area contributed by atoms with E-state index in [9.17, 15) is 4.79 Å². The lowest BCUT2D eigenvalue weighted by molar-refractivity contribution is -0.114. The Bertz CT molecular complexity index is 433. The summed E-state index contributed by atoms with van der Waals surface area (Å²) in [5, 5.41) is 6.33. The molecule has 1 saturated heterocycles. The van der Waals surface area contributed by atoms with Crippen LogP contribution < -0.4 is 10.6 Å². The summed E-state index contributed by atoms with van der Waals surface area (Å²) in [5.74, 6) is 2.42. The van der Waals surface area contributed by atoms with Crippen LogP contribution in [0.25, 0.3) is 0 Å². The highest BCUT2D eigenvalue weighted by atomic mass is 79.9. The van der Waals surface area contributed by atoms with Crippen molar-refractivity contribution in [2.45, 2.75) is 25.8 Å². The van der Waals surface area contributed by atoms with Crippen molar-refractivity contribution in [3.8, 4) is 0 Å². The molecule has 1 fully saturated rings. The van der Waals surface area contributed by atoms with Crippen LogP contribution in [0.15, 0.2) is 22.7 Å². The molecule has 1 aliphatic rings. The van der Waals surface area contributed by atoms with Crippen molar-refractivity contribution in [2.75, 3.05) is 22.1 Å². The van der Waals surface area contributed by atoms with Crippen molar-refractivity contribution >= 4 is 45.0 Å². The molecule has 1 aromatic rings. The predicted molar refractivity (Wildman–Crippen MR) is 82.4 cm³/mol. The molecule has 0 spiro atoms. The Morgan fingerprint density at radius 2 is 2.11 bits per heavy atom. The first kappa shape index (κ1) is 13.7. The van der Waals surface area contributed by atoms with Gasteiger partial charge in [-0.05, 0) is 58.5 Å². The van der Waals surface area contributed by atoms with Gasteiger partial charge in [0.2, 0.25) is 5.91 Å². The summed E-state index contributed by atoms with van der Waals surface area (Å²) < 4.78 is 0.993. The molecule has 5 heteroatoms. The van der Waals surface area contributed by atoms with Gasteiger partial charge in [0.1, 0.15) is 0 Å². The fourth-order valence-corrected chi connectivity index (χ4v) is 3.57. The summed E-state index contributed by atoms with van der Waals surface area (Å²) in [6, 6.07) is 6.43. The van der Waals surface area contributed by atoms with Gasteiger partial charge < -0.3 is 10.6 Å². The van der Waals surface area contributed by atoms with Crippen molar-refractivity contribution < 1.29 is 4.79 Å². The van der Waals surface area contributed by atoms with Crippen LogP contribution in [-0.4, -0.2) is 23.5 Å². The molecule has 0 aromatic heterocycles. The Labute approximate surface area is 120 Å². The maximum absolute atomic E-state index is 11.0. The largest absolute Gasteiger partial charge is 0.381 e. The summed E-state index contributed by atoms with van der Waals surface area (Å²) in [4.78, 5) is 11.0. The van der Waals surface area contributed by atoms with Crippen molar-refractivity contribution in [1.29, 1.82) is 0 Å². The topological polar surface area (TPSA) is 41.1 Å². The van der Waals surface area contributed by atoms with Crippen LogP contribution in [0.4, 0.5) is 11.4 Å². The number of halogens is 1. The van der Waals surface area contributed by atoms with E-state index in [0.29, 0.717) is 6.04 Å². The molecule has 1 amide bonds. The zero-order valence-corrected chi connectivity index (χ0v) is 12.7. The van der Waals surface area contributed by atoms with Gasteiger partial charge in [-0.3, -0.25) is 4.79 Å². The van der Waals surface area contributed by atoms with Crippen LogP contribution in [0.5, 0.6) is 0 Å². The number of nitrogens with one attached hydrogen (secondary N) is 2. The van der Waals surface area contributed by atoms with Crippen LogP contribution in [0.1, 0.15) is 19.8 Å². The van der Waals surface area contributed by atoms with Crippen molar-refractivity contribution in [3.63, 3.8) is 0 Å². The van der Waals surface area contributed by atoms with Crippen LogP contribution in [0.2, 0.25) is 0 Å². The predicted octanol–water partition coefficient (Wildman–Crippen LogP) is 3.72. The molecule has 1 heterocycles. The molecule has 0 aliphatic carbocycles. The minimum absolute atomic E-state index is 0.0492. The van der Waals surface area contributed by atoms with Gasteiger partial charge in [-0.2, -0.15) is 11.8 Å². The second kappa shape index (κ2) is 6.48. The lowest BCUT2D eigenvalue weighted by Gasteiger charge is -2.24. The normalized spacial score (nSPS) is 16.3. The number of anilines is 2. The highest BCUT2D eigenvalue weighted by molar-refractivity contribution is 9.10. The summed E-state index contributed by atoms with van der Waals surface area (Å²) in [6.07, 6.45) is 2.43. The van der Waals surface area contributed by atoms with Crippen molar-refractivity contribution in [2.24, 2.45) is 0 Å². The number of carbonyl (C=O) groups excluding carboxylic acids is 1. The summed E-state index contributed by atoms with van der Waals surface area (Å²) >= 11 is 5.57. The molecule has 98 valence electrons. The maximum Gasteiger partial charge on any atom is 0.221 e. The minimum Gasteiger partial charge on any atom is -0.381 e.